The van der Waals surface area contributed by atoms with Gasteiger partial charge >= 0.3 is 0 Å². The lowest BCUT2D eigenvalue weighted by Crippen LogP contribution is -2.43. The first kappa shape index (κ1) is 16.5. The van der Waals surface area contributed by atoms with Crippen molar-refractivity contribution in [1.29, 1.82) is 0 Å². The Balaban J connectivity index is 1.98. The molecule has 0 atom stereocenters. The Morgan fingerprint density at radius 3 is 2.82 bits per heavy atom. The molecule has 0 saturated heterocycles. The molecular formula is C15H24N6S. The predicted molar refractivity (Wildman–Crippen MR) is 91.2 cm³/mol. The molecule has 0 aromatic carbocycles. The maximum absolute atomic E-state index is 4.58. The van der Waals surface area contributed by atoms with Crippen molar-refractivity contribution in [2.45, 2.75) is 32.7 Å². The molecule has 7 heteroatoms. The molecule has 2 rings (SSSR count). The first-order valence-corrected chi connectivity index (χ1v) is 8.30. The zero-order valence-electron chi connectivity index (χ0n) is 13.6. The predicted octanol–water partition coefficient (Wildman–Crippen LogP) is 1.91. The first-order valence-electron chi connectivity index (χ1n) is 7.42. The Morgan fingerprint density at radius 2 is 2.23 bits per heavy atom. The van der Waals surface area contributed by atoms with Crippen LogP contribution < -0.4 is 10.6 Å². The van der Waals surface area contributed by atoms with Gasteiger partial charge < -0.3 is 10.6 Å². The number of aryl methyl sites for hydroxylation is 1. The number of guanidine groups is 1. The third kappa shape index (κ3) is 4.30. The fraction of sp³-hybridized carbons (Fsp3) is 0.533. The highest BCUT2D eigenvalue weighted by Crippen LogP contribution is 2.26. The fourth-order valence-electron chi connectivity index (χ4n) is 2.01. The molecule has 22 heavy (non-hydrogen) atoms. The monoisotopic (exact) mass is 320 g/mol. The van der Waals surface area contributed by atoms with Crippen molar-refractivity contribution in [1.82, 2.24) is 25.4 Å². The number of rotatable bonds is 6. The molecule has 0 fully saturated rings. The minimum absolute atomic E-state index is 0.0646. The molecule has 2 aromatic heterocycles. The minimum atomic E-state index is 0.0646. The Morgan fingerprint density at radius 1 is 1.41 bits per heavy atom. The maximum atomic E-state index is 4.58. The van der Waals surface area contributed by atoms with E-state index in [4.69, 9.17) is 0 Å². The lowest BCUT2D eigenvalue weighted by Gasteiger charge is -2.25. The number of thiophene rings is 1. The molecular weight excluding hydrogens is 296 g/mol. The van der Waals surface area contributed by atoms with Gasteiger partial charge in [0.15, 0.2) is 5.96 Å². The molecule has 0 bridgehead atoms. The third-order valence-electron chi connectivity index (χ3n) is 3.41. The van der Waals surface area contributed by atoms with Crippen LogP contribution in [0.5, 0.6) is 0 Å². The number of nitrogens with one attached hydrogen (secondary N) is 2. The van der Waals surface area contributed by atoms with Gasteiger partial charge in [0, 0.05) is 30.4 Å². The van der Waals surface area contributed by atoms with Gasteiger partial charge in [-0.1, -0.05) is 19.9 Å². The van der Waals surface area contributed by atoms with Crippen molar-refractivity contribution in [3.8, 4) is 0 Å². The van der Waals surface area contributed by atoms with Crippen LogP contribution in [-0.4, -0.2) is 33.8 Å². The molecule has 0 saturated carbocycles. The van der Waals surface area contributed by atoms with Gasteiger partial charge in [-0.25, -0.2) is 9.98 Å². The third-order valence-corrected chi connectivity index (χ3v) is 4.65. The molecule has 120 valence electrons. The zero-order chi connectivity index (χ0) is 16.0. The number of hydrogen-bond donors (Lipinski definition) is 2. The lowest BCUT2D eigenvalue weighted by molar-refractivity contribution is 0.518. The molecule has 0 aliphatic carbocycles. The Hall–Kier alpha value is -1.89. The smallest absolute Gasteiger partial charge is 0.191 e. The van der Waals surface area contributed by atoms with Crippen LogP contribution in [0.1, 0.15) is 31.5 Å². The van der Waals surface area contributed by atoms with Gasteiger partial charge in [0.05, 0.1) is 0 Å². The van der Waals surface area contributed by atoms with E-state index in [9.17, 15) is 0 Å². The first-order chi connectivity index (χ1) is 10.5. The molecule has 0 unspecified atom stereocenters. The van der Waals surface area contributed by atoms with E-state index in [0.29, 0.717) is 6.54 Å². The van der Waals surface area contributed by atoms with Gasteiger partial charge in [-0.2, -0.15) is 5.10 Å². The average Bonchev–Trinajstić information content (AvgIpc) is 3.14. The standard InChI is InChI=1S/C15H24N6S/c1-5-16-14(17-9-13-19-11-20-21(13)4)18-10-15(2,3)12-7-6-8-22-12/h6-8,11H,5,9-10H2,1-4H3,(H2,16,17,18). The number of nitrogens with zero attached hydrogens (tertiary/aromatic N) is 4. The number of aromatic nitrogens is 3. The molecule has 0 aliphatic heterocycles. The van der Waals surface area contributed by atoms with Crippen LogP contribution in [0.3, 0.4) is 0 Å². The molecule has 0 radical (unpaired) electrons. The average molecular weight is 320 g/mol. The number of aliphatic imine (C=N–C) groups is 1. The van der Waals surface area contributed by atoms with E-state index in [1.54, 1.807) is 22.3 Å². The van der Waals surface area contributed by atoms with E-state index in [2.05, 4.69) is 64.0 Å². The highest BCUT2D eigenvalue weighted by Gasteiger charge is 2.21. The maximum Gasteiger partial charge on any atom is 0.191 e. The van der Waals surface area contributed by atoms with Crippen LogP contribution >= 0.6 is 11.3 Å². The summed E-state index contributed by atoms with van der Waals surface area (Å²) in [6.07, 6.45) is 1.55. The lowest BCUT2D eigenvalue weighted by atomic mass is 9.91. The molecule has 2 heterocycles. The minimum Gasteiger partial charge on any atom is -0.357 e. The van der Waals surface area contributed by atoms with Gasteiger partial charge in [0.1, 0.15) is 18.7 Å². The normalized spacial score (nSPS) is 12.5. The zero-order valence-corrected chi connectivity index (χ0v) is 14.4. The summed E-state index contributed by atoms with van der Waals surface area (Å²) in [5.41, 5.74) is 0.0646. The Labute approximate surface area is 135 Å². The van der Waals surface area contributed by atoms with Crippen LogP contribution in [0.25, 0.3) is 0 Å². The number of hydrogen-bond acceptors (Lipinski definition) is 4. The second-order valence-corrected chi connectivity index (χ2v) is 6.66. The summed E-state index contributed by atoms with van der Waals surface area (Å²) in [7, 11) is 1.87. The summed E-state index contributed by atoms with van der Waals surface area (Å²) >= 11 is 1.79. The molecule has 2 N–H and O–H groups in total. The van der Waals surface area contributed by atoms with Crippen molar-refractivity contribution >= 4 is 17.3 Å². The summed E-state index contributed by atoms with van der Waals surface area (Å²) in [6, 6.07) is 4.27. The molecule has 0 amide bonds. The van der Waals surface area contributed by atoms with Crippen LogP contribution in [0.4, 0.5) is 0 Å². The van der Waals surface area contributed by atoms with E-state index in [0.717, 1.165) is 24.9 Å². The van der Waals surface area contributed by atoms with Gasteiger partial charge in [-0.05, 0) is 18.4 Å². The fourth-order valence-corrected chi connectivity index (χ4v) is 2.86. The van der Waals surface area contributed by atoms with E-state index in [1.807, 2.05) is 7.05 Å². The summed E-state index contributed by atoms with van der Waals surface area (Å²) in [5, 5.41) is 12.9. The van der Waals surface area contributed by atoms with Crippen LogP contribution in [0.2, 0.25) is 0 Å². The van der Waals surface area contributed by atoms with Crippen molar-refractivity contribution in [3.05, 3.63) is 34.5 Å². The van der Waals surface area contributed by atoms with E-state index in [-0.39, 0.29) is 5.41 Å². The van der Waals surface area contributed by atoms with Crippen LogP contribution in [-0.2, 0) is 19.0 Å². The van der Waals surface area contributed by atoms with Crippen molar-refractivity contribution < 1.29 is 0 Å². The quantitative estimate of drug-likeness (QED) is 0.630. The van der Waals surface area contributed by atoms with Gasteiger partial charge in [0.2, 0.25) is 0 Å². The van der Waals surface area contributed by atoms with Crippen LogP contribution in [0.15, 0.2) is 28.8 Å². The second-order valence-electron chi connectivity index (χ2n) is 5.71. The van der Waals surface area contributed by atoms with Crippen molar-refractivity contribution in [3.63, 3.8) is 0 Å². The second kappa shape index (κ2) is 7.40. The highest BCUT2D eigenvalue weighted by molar-refractivity contribution is 7.10. The van der Waals surface area contributed by atoms with Crippen molar-refractivity contribution in [2.75, 3.05) is 13.1 Å². The topological polar surface area (TPSA) is 67.1 Å². The van der Waals surface area contributed by atoms with Crippen LogP contribution in [0, 0.1) is 0 Å². The molecule has 2 aromatic rings. The molecule has 0 aliphatic rings. The Bertz CT molecular complexity index is 599. The Kier molecular flexibility index (Phi) is 5.54. The summed E-state index contributed by atoms with van der Waals surface area (Å²) < 4.78 is 1.74. The van der Waals surface area contributed by atoms with E-state index < -0.39 is 0 Å². The largest absolute Gasteiger partial charge is 0.357 e. The molecule has 0 spiro atoms. The summed E-state index contributed by atoms with van der Waals surface area (Å²) in [6.45, 7) is 8.67. The highest BCUT2D eigenvalue weighted by atomic mass is 32.1. The van der Waals surface area contributed by atoms with Gasteiger partial charge in [0.25, 0.3) is 0 Å². The van der Waals surface area contributed by atoms with Crippen molar-refractivity contribution in [2.24, 2.45) is 12.0 Å². The van der Waals surface area contributed by atoms with Gasteiger partial charge in [-0.15, -0.1) is 11.3 Å². The SMILES string of the molecule is CCNC(=NCc1ncnn1C)NCC(C)(C)c1cccs1. The summed E-state index contributed by atoms with van der Waals surface area (Å²) in [4.78, 5) is 10.1. The van der Waals surface area contributed by atoms with E-state index in [1.165, 1.54) is 4.88 Å². The summed E-state index contributed by atoms with van der Waals surface area (Å²) in [5.74, 6) is 1.64. The van der Waals surface area contributed by atoms with Gasteiger partial charge in [-0.3, -0.25) is 4.68 Å². The van der Waals surface area contributed by atoms with E-state index >= 15 is 0 Å². The molecule has 6 nitrogen and oxygen atoms in total.